The van der Waals surface area contributed by atoms with E-state index >= 15 is 0 Å². The molecule has 0 atom stereocenters. The Morgan fingerprint density at radius 2 is 1.81 bits per heavy atom. The van der Waals surface area contributed by atoms with Crippen LogP contribution in [0.3, 0.4) is 0 Å². The number of hydrogen-bond acceptors (Lipinski definition) is 4. The molecule has 0 spiro atoms. The molecule has 2 aromatic carbocycles. The molecule has 1 heterocycles. The van der Waals surface area contributed by atoms with Crippen molar-refractivity contribution in [2.75, 3.05) is 32.5 Å². The van der Waals surface area contributed by atoms with Crippen molar-refractivity contribution in [3.63, 3.8) is 0 Å². The van der Waals surface area contributed by atoms with Gasteiger partial charge in [-0.25, -0.2) is 5.10 Å². The molecule has 0 aliphatic heterocycles. The van der Waals surface area contributed by atoms with E-state index in [4.69, 9.17) is 0 Å². The molecule has 0 saturated heterocycles. The zero-order valence-electron chi connectivity index (χ0n) is 15.5. The van der Waals surface area contributed by atoms with Crippen LogP contribution in [-0.2, 0) is 0 Å². The van der Waals surface area contributed by atoms with E-state index in [0.717, 1.165) is 41.8 Å². The smallest absolute Gasteiger partial charge is 0.272 e. The van der Waals surface area contributed by atoms with Crippen LogP contribution >= 0.6 is 0 Å². The van der Waals surface area contributed by atoms with Crippen molar-refractivity contribution in [3.8, 4) is 11.3 Å². The number of H-pyrrole nitrogens is 1. The van der Waals surface area contributed by atoms with Crippen molar-refractivity contribution in [1.82, 2.24) is 15.1 Å². The van der Waals surface area contributed by atoms with Gasteiger partial charge in [0.15, 0.2) is 0 Å². The zero-order chi connectivity index (χ0) is 18.4. The maximum Gasteiger partial charge on any atom is 0.272 e. The quantitative estimate of drug-likeness (QED) is 0.608. The van der Waals surface area contributed by atoms with E-state index in [2.05, 4.69) is 46.6 Å². The summed E-state index contributed by atoms with van der Waals surface area (Å²) in [6, 6.07) is 15.8. The normalized spacial score (nSPS) is 11.2. The summed E-state index contributed by atoms with van der Waals surface area (Å²) in [5, 5.41) is 11.9. The van der Waals surface area contributed by atoms with Gasteiger partial charge in [-0.05, 0) is 51.7 Å². The van der Waals surface area contributed by atoms with E-state index < -0.39 is 0 Å². The number of rotatable bonds is 8. The first kappa shape index (κ1) is 18.1. The zero-order valence-corrected chi connectivity index (χ0v) is 15.5. The SMILES string of the molecule is CN(C)CCCCCNc1cccc(-c2n[nH]c(=O)c3ccccc23)c1. The fraction of sp³-hybridized carbons (Fsp3) is 0.333. The summed E-state index contributed by atoms with van der Waals surface area (Å²) in [6.45, 7) is 2.09. The van der Waals surface area contributed by atoms with Gasteiger partial charge in [-0.1, -0.05) is 36.8 Å². The summed E-state index contributed by atoms with van der Waals surface area (Å²) in [7, 11) is 4.22. The van der Waals surface area contributed by atoms with Gasteiger partial charge in [0.1, 0.15) is 0 Å². The second-order valence-corrected chi connectivity index (χ2v) is 6.82. The maximum absolute atomic E-state index is 12.0. The van der Waals surface area contributed by atoms with Crippen LogP contribution in [0.4, 0.5) is 5.69 Å². The summed E-state index contributed by atoms with van der Waals surface area (Å²) in [4.78, 5) is 14.2. The van der Waals surface area contributed by atoms with Crippen LogP contribution in [-0.4, -0.2) is 42.3 Å². The average molecular weight is 350 g/mol. The minimum absolute atomic E-state index is 0.156. The topological polar surface area (TPSA) is 61.0 Å². The first-order chi connectivity index (χ1) is 12.6. The molecule has 0 amide bonds. The fourth-order valence-electron chi connectivity index (χ4n) is 3.07. The van der Waals surface area contributed by atoms with Gasteiger partial charge in [0.05, 0.1) is 11.1 Å². The Balaban J connectivity index is 1.70. The van der Waals surface area contributed by atoms with Crippen LogP contribution in [0.2, 0.25) is 0 Å². The van der Waals surface area contributed by atoms with E-state index in [1.54, 1.807) is 0 Å². The van der Waals surface area contributed by atoms with Crippen molar-refractivity contribution >= 4 is 16.5 Å². The number of aromatic nitrogens is 2. The van der Waals surface area contributed by atoms with Gasteiger partial charge in [0, 0.05) is 23.2 Å². The third-order valence-corrected chi connectivity index (χ3v) is 4.44. The average Bonchev–Trinajstić information content (AvgIpc) is 2.65. The molecule has 0 saturated carbocycles. The molecule has 0 unspecified atom stereocenters. The third-order valence-electron chi connectivity index (χ3n) is 4.44. The highest BCUT2D eigenvalue weighted by Gasteiger charge is 2.08. The molecule has 2 N–H and O–H groups in total. The largest absolute Gasteiger partial charge is 0.385 e. The van der Waals surface area contributed by atoms with E-state index in [-0.39, 0.29) is 5.56 Å². The fourth-order valence-corrected chi connectivity index (χ4v) is 3.07. The van der Waals surface area contributed by atoms with Crippen molar-refractivity contribution in [2.24, 2.45) is 0 Å². The van der Waals surface area contributed by atoms with Gasteiger partial charge < -0.3 is 10.2 Å². The Morgan fingerprint density at radius 1 is 1.00 bits per heavy atom. The lowest BCUT2D eigenvalue weighted by Gasteiger charge is -2.11. The van der Waals surface area contributed by atoms with Gasteiger partial charge in [0.2, 0.25) is 0 Å². The van der Waals surface area contributed by atoms with E-state index in [1.807, 2.05) is 36.4 Å². The van der Waals surface area contributed by atoms with E-state index in [0.29, 0.717) is 5.39 Å². The van der Waals surface area contributed by atoms with Gasteiger partial charge in [-0.3, -0.25) is 4.79 Å². The number of unbranched alkanes of at least 4 members (excludes halogenated alkanes) is 2. The van der Waals surface area contributed by atoms with Crippen LogP contribution in [0.25, 0.3) is 22.0 Å². The van der Waals surface area contributed by atoms with Crippen molar-refractivity contribution in [1.29, 1.82) is 0 Å². The Hall–Kier alpha value is -2.66. The van der Waals surface area contributed by atoms with Gasteiger partial charge in [0.25, 0.3) is 5.56 Å². The minimum Gasteiger partial charge on any atom is -0.385 e. The summed E-state index contributed by atoms with van der Waals surface area (Å²) in [6.07, 6.45) is 3.59. The molecule has 0 bridgehead atoms. The molecule has 0 aliphatic rings. The van der Waals surface area contributed by atoms with Gasteiger partial charge in [-0.15, -0.1) is 0 Å². The summed E-state index contributed by atoms with van der Waals surface area (Å²) in [5.74, 6) is 0. The second kappa shape index (κ2) is 8.63. The molecular formula is C21H26N4O. The molecule has 0 radical (unpaired) electrons. The predicted octanol–water partition coefficient (Wildman–Crippen LogP) is 3.73. The lowest BCUT2D eigenvalue weighted by molar-refractivity contribution is 0.393. The van der Waals surface area contributed by atoms with E-state index in [1.165, 1.54) is 12.8 Å². The Bertz CT molecular complexity index is 917. The first-order valence-corrected chi connectivity index (χ1v) is 9.11. The first-order valence-electron chi connectivity index (χ1n) is 9.11. The lowest BCUT2D eigenvalue weighted by Crippen LogP contribution is -2.13. The Labute approximate surface area is 154 Å². The van der Waals surface area contributed by atoms with Crippen LogP contribution in [0.15, 0.2) is 53.3 Å². The number of benzene rings is 2. The van der Waals surface area contributed by atoms with Crippen molar-refractivity contribution in [2.45, 2.75) is 19.3 Å². The second-order valence-electron chi connectivity index (χ2n) is 6.82. The highest BCUT2D eigenvalue weighted by Crippen LogP contribution is 2.26. The molecule has 1 aromatic heterocycles. The highest BCUT2D eigenvalue weighted by atomic mass is 16.1. The molecule has 136 valence electrons. The monoisotopic (exact) mass is 350 g/mol. The summed E-state index contributed by atoms with van der Waals surface area (Å²) >= 11 is 0. The Kier molecular flexibility index (Phi) is 6.02. The molecule has 26 heavy (non-hydrogen) atoms. The Morgan fingerprint density at radius 3 is 2.62 bits per heavy atom. The number of nitrogens with one attached hydrogen (secondary N) is 2. The van der Waals surface area contributed by atoms with Gasteiger partial charge in [-0.2, -0.15) is 5.10 Å². The van der Waals surface area contributed by atoms with Crippen LogP contribution in [0.5, 0.6) is 0 Å². The molecule has 5 nitrogen and oxygen atoms in total. The number of anilines is 1. The van der Waals surface area contributed by atoms with E-state index in [9.17, 15) is 4.79 Å². The van der Waals surface area contributed by atoms with Gasteiger partial charge >= 0.3 is 0 Å². The molecule has 0 fully saturated rings. The minimum atomic E-state index is -0.156. The van der Waals surface area contributed by atoms with Crippen molar-refractivity contribution < 1.29 is 0 Å². The third kappa shape index (κ3) is 4.49. The lowest BCUT2D eigenvalue weighted by atomic mass is 10.0. The predicted molar refractivity (Wildman–Crippen MR) is 109 cm³/mol. The molecule has 3 rings (SSSR count). The molecular weight excluding hydrogens is 324 g/mol. The summed E-state index contributed by atoms with van der Waals surface area (Å²) < 4.78 is 0. The number of fused-ring (bicyclic) bond motifs is 1. The standard InChI is InChI=1S/C21H26N4O/c1-25(2)14-7-3-6-13-22-17-10-8-9-16(15-17)20-18-11-4-5-12-19(18)21(26)24-23-20/h4-5,8-12,15,22H,3,6-7,13-14H2,1-2H3,(H,24,26). The number of hydrogen-bond donors (Lipinski definition) is 2. The maximum atomic E-state index is 12.0. The molecule has 3 aromatic rings. The molecule has 0 aliphatic carbocycles. The van der Waals surface area contributed by atoms with Crippen LogP contribution < -0.4 is 10.9 Å². The summed E-state index contributed by atoms with van der Waals surface area (Å²) in [5.41, 5.74) is 2.72. The highest BCUT2D eigenvalue weighted by molar-refractivity contribution is 5.94. The van der Waals surface area contributed by atoms with Crippen LogP contribution in [0.1, 0.15) is 19.3 Å². The van der Waals surface area contributed by atoms with Crippen LogP contribution in [0, 0.1) is 0 Å². The number of nitrogens with zero attached hydrogens (tertiary/aromatic N) is 2. The molecule has 5 heteroatoms. The van der Waals surface area contributed by atoms with Crippen molar-refractivity contribution in [3.05, 3.63) is 58.9 Å². The number of aromatic amines is 1.